The molecule has 6 heteroatoms. The van der Waals surface area contributed by atoms with Gasteiger partial charge in [0.15, 0.2) is 5.78 Å². The summed E-state index contributed by atoms with van der Waals surface area (Å²) < 4.78 is 5.38. The number of carbonyl (C=O) groups is 2. The zero-order chi connectivity index (χ0) is 21.1. The number of benzene rings is 1. The third-order valence-corrected chi connectivity index (χ3v) is 8.43. The fraction of sp³-hybridized carbons (Fsp3) is 0.652. The topological polar surface area (TPSA) is 46.6 Å². The van der Waals surface area contributed by atoms with Crippen molar-refractivity contribution in [2.24, 2.45) is 0 Å². The van der Waals surface area contributed by atoms with Gasteiger partial charge in [0, 0.05) is 30.4 Å². The van der Waals surface area contributed by atoms with Gasteiger partial charge in [0.05, 0.1) is 6.54 Å². The maximum Gasteiger partial charge on any atom is 0.305 e. The predicted molar refractivity (Wildman–Crippen MR) is 125 cm³/mol. The molecule has 0 saturated carbocycles. The molecule has 162 valence electrons. The van der Waals surface area contributed by atoms with Gasteiger partial charge in [-0.3, -0.25) is 14.5 Å². The Morgan fingerprint density at radius 2 is 1.97 bits per heavy atom. The number of aryl methyl sites for hydroxylation is 2. The largest absolute Gasteiger partial charge is 0.464 e. The highest BCUT2D eigenvalue weighted by Crippen LogP contribution is 2.39. The van der Waals surface area contributed by atoms with Crippen LogP contribution in [0.1, 0.15) is 55.7 Å². The van der Waals surface area contributed by atoms with Gasteiger partial charge in [0.1, 0.15) is 6.61 Å². The van der Waals surface area contributed by atoms with Crippen molar-refractivity contribution in [3.8, 4) is 0 Å². The number of Topliss-reactive ketones (excluding diaryl/α,β-unsaturated/α-hetero) is 1. The summed E-state index contributed by atoms with van der Waals surface area (Å²) in [5.41, 5.74) is 3.47. The van der Waals surface area contributed by atoms with Crippen LogP contribution in [0.3, 0.4) is 0 Å². The third-order valence-electron chi connectivity index (χ3n) is 5.42. The zero-order valence-electron chi connectivity index (χ0n) is 18.1. The molecule has 1 aliphatic heterocycles. The summed E-state index contributed by atoms with van der Waals surface area (Å²) in [6.45, 7) is 8.28. The van der Waals surface area contributed by atoms with Crippen LogP contribution in [0, 0.1) is 13.8 Å². The number of ketones is 1. The van der Waals surface area contributed by atoms with Crippen LogP contribution in [-0.2, 0) is 20.7 Å². The standard InChI is InChI=1S/C23H35NO3S2/c1-4-24(17-20(25)16-22-18(2)8-7-9-19(22)3)13-14-27-23(26)11-6-5-10-21-12-15-28-29-21/h7-9,21H,4-6,10-17H2,1-3H3. The number of nitrogens with zero attached hydrogens (tertiary/aromatic N) is 1. The van der Waals surface area contributed by atoms with Crippen LogP contribution in [0.5, 0.6) is 0 Å². The first-order valence-corrected chi connectivity index (χ1v) is 13.1. The molecule has 0 aromatic heterocycles. The SMILES string of the molecule is CCN(CCOC(=O)CCCCC1CCSS1)CC(=O)Cc1c(C)cccc1C. The second kappa shape index (κ2) is 13.3. The number of esters is 1. The summed E-state index contributed by atoms with van der Waals surface area (Å²) in [6.07, 6.45) is 5.48. The lowest BCUT2D eigenvalue weighted by Gasteiger charge is -2.20. The van der Waals surface area contributed by atoms with Crippen molar-refractivity contribution in [1.82, 2.24) is 4.90 Å². The number of unbranched alkanes of at least 4 members (excludes halogenated alkanes) is 1. The van der Waals surface area contributed by atoms with E-state index in [1.807, 2.05) is 34.6 Å². The average molecular weight is 438 g/mol. The molecule has 0 radical (unpaired) electrons. The quantitative estimate of drug-likeness (QED) is 0.246. The van der Waals surface area contributed by atoms with E-state index in [1.54, 1.807) is 0 Å². The first kappa shape index (κ1) is 24.3. The van der Waals surface area contributed by atoms with Crippen molar-refractivity contribution in [3.63, 3.8) is 0 Å². The molecule has 2 rings (SSSR count). The fourth-order valence-electron chi connectivity index (χ4n) is 3.55. The molecule has 0 bridgehead atoms. The predicted octanol–water partition coefficient (Wildman–Crippen LogP) is 4.99. The lowest BCUT2D eigenvalue weighted by molar-refractivity contribution is -0.144. The molecule has 0 aliphatic carbocycles. The van der Waals surface area contributed by atoms with Crippen LogP contribution < -0.4 is 0 Å². The Balaban J connectivity index is 1.61. The highest BCUT2D eigenvalue weighted by Gasteiger charge is 2.16. The summed E-state index contributed by atoms with van der Waals surface area (Å²) in [5.74, 6) is 1.35. The maximum absolute atomic E-state index is 12.5. The van der Waals surface area contributed by atoms with Crippen LogP contribution in [0.4, 0.5) is 0 Å². The Labute approximate surface area is 183 Å². The van der Waals surface area contributed by atoms with Gasteiger partial charge >= 0.3 is 5.97 Å². The van der Waals surface area contributed by atoms with Crippen molar-refractivity contribution in [1.29, 1.82) is 0 Å². The van der Waals surface area contributed by atoms with Gasteiger partial charge in [0.25, 0.3) is 0 Å². The first-order chi connectivity index (χ1) is 14.0. The van der Waals surface area contributed by atoms with E-state index in [1.165, 1.54) is 29.7 Å². The minimum Gasteiger partial charge on any atom is -0.464 e. The van der Waals surface area contributed by atoms with Crippen LogP contribution >= 0.6 is 21.6 Å². The van der Waals surface area contributed by atoms with Gasteiger partial charge in [-0.05, 0) is 56.3 Å². The number of carbonyl (C=O) groups excluding carboxylic acids is 2. The van der Waals surface area contributed by atoms with Crippen LogP contribution in [0.15, 0.2) is 18.2 Å². The molecule has 1 aromatic carbocycles. The van der Waals surface area contributed by atoms with Crippen LogP contribution in [-0.4, -0.2) is 53.9 Å². The van der Waals surface area contributed by atoms with E-state index in [0.29, 0.717) is 32.5 Å². The van der Waals surface area contributed by atoms with Crippen molar-refractivity contribution in [2.45, 2.75) is 64.5 Å². The van der Waals surface area contributed by atoms with E-state index in [2.05, 4.69) is 30.9 Å². The number of ether oxygens (including phenoxy) is 1. The van der Waals surface area contributed by atoms with Crippen molar-refractivity contribution in [3.05, 3.63) is 34.9 Å². The molecular formula is C23H35NO3S2. The minimum absolute atomic E-state index is 0.114. The lowest BCUT2D eigenvalue weighted by Crippen LogP contribution is -2.34. The molecule has 4 nitrogen and oxygen atoms in total. The number of likely N-dealkylation sites (N-methyl/N-ethyl adjacent to an activating group) is 1. The Bertz CT molecular complexity index is 639. The lowest BCUT2D eigenvalue weighted by atomic mass is 9.98. The summed E-state index contributed by atoms with van der Waals surface area (Å²) >= 11 is 0. The van der Waals surface area contributed by atoms with Crippen LogP contribution in [0.25, 0.3) is 0 Å². The fourth-order valence-corrected chi connectivity index (χ4v) is 6.57. The number of hydrogen-bond acceptors (Lipinski definition) is 6. The Kier molecular flexibility index (Phi) is 11.2. The van der Waals surface area contributed by atoms with Gasteiger partial charge < -0.3 is 4.74 Å². The number of rotatable bonds is 13. The molecule has 1 unspecified atom stereocenters. The third kappa shape index (κ3) is 9.14. The first-order valence-electron chi connectivity index (χ1n) is 10.7. The number of hydrogen-bond donors (Lipinski definition) is 0. The van der Waals surface area contributed by atoms with Crippen LogP contribution in [0.2, 0.25) is 0 Å². The molecule has 1 fully saturated rings. The molecule has 1 heterocycles. The molecule has 0 spiro atoms. The summed E-state index contributed by atoms with van der Waals surface area (Å²) in [7, 11) is 3.96. The van der Waals surface area contributed by atoms with Gasteiger partial charge in [-0.2, -0.15) is 0 Å². The van der Waals surface area contributed by atoms with Gasteiger partial charge in [-0.15, -0.1) is 0 Å². The monoisotopic (exact) mass is 437 g/mol. The average Bonchev–Trinajstić information content (AvgIpc) is 3.21. The second-order valence-corrected chi connectivity index (χ2v) is 10.5. The Morgan fingerprint density at radius 1 is 1.21 bits per heavy atom. The molecule has 1 saturated heterocycles. The van der Waals surface area contributed by atoms with E-state index >= 15 is 0 Å². The van der Waals surface area contributed by atoms with E-state index in [0.717, 1.165) is 30.2 Å². The van der Waals surface area contributed by atoms with E-state index < -0.39 is 0 Å². The molecule has 1 atom stereocenters. The summed E-state index contributed by atoms with van der Waals surface area (Å²) in [6, 6.07) is 6.13. The molecule has 0 N–H and O–H groups in total. The summed E-state index contributed by atoms with van der Waals surface area (Å²) in [4.78, 5) is 26.5. The zero-order valence-corrected chi connectivity index (χ0v) is 19.7. The highest BCUT2D eigenvalue weighted by molar-refractivity contribution is 8.77. The Hall–Kier alpha value is -0.980. The maximum atomic E-state index is 12.5. The van der Waals surface area contributed by atoms with Crippen molar-refractivity contribution in [2.75, 3.05) is 32.0 Å². The van der Waals surface area contributed by atoms with Crippen molar-refractivity contribution < 1.29 is 14.3 Å². The van der Waals surface area contributed by atoms with E-state index in [-0.39, 0.29) is 11.8 Å². The van der Waals surface area contributed by atoms with E-state index in [4.69, 9.17) is 4.74 Å². The van der Waals surface area contributed by atoms with Gasteiger partial charge in [-0.1, -0.05) is 53.1 Å². The summed E-state index contributed by atoms with van der Waals surface area (Å²) in [5, 5.41) is 0.773. The van der Waals surface area contributed by atoms with Crippen molar-refractivity contribution >= 4 is 33.3 Å². The van der Waals surface area contributed by atoms with E-state index in [9.17, 15) is 9.59 Å². The molecular weight excluding hydrogens is 402 g/mol. The highest BCUT2D eigenvalue weighted by atomic mass is 33.1. The minimum atomic E-state index is -0.114. The van der Waals surface area contributed by atoms with Gasteiger partial charge in [0.2, 0.25) is 0 Å². The Morgan fingerprint density at radius 3 is 2.62 bits per heavy atom. The molecule has 1 aromatic rings. The second-order valence-electron chi connectivity index (χ2n) is 7.75. The molecule has 1 aliphatic rings. The van der Waals surface area contributed by atoms with Gasteiger partial charge in [-0.25, -0.2) is 0 Å². The molecule has 0 amide bonds. The molecule has 29 heavy (non-hydrogen) atoms. The smallest absolute Gasteiger partial charge is 0.305 e. The normalized spacial score (nSPS) is 16.3.